The van der Waals surface area contributed by atoms with Gasteiger partial charge >= 0.3 is 0 Å². The summed E-state index contributed by atoms with van der Waals surface area (Å²) in [6.45, 7) is 1.06. The SMILES string of the molecule is O=C(Nc1ccccc1Cl)c1cnc(Nc2ccc3c(c2)OCCO3)nc1. The van der Waals surface area contributed by atoms with Gasteiger partial charge in [0.25, 0.3) is 5.91 Å². The van der Waals surface area contributed by atoms with Gasteiger partial charge < -0.3 is 20.1 Å². The fraction of sp³-hybridized carbons (Fsp3) is 0.105. The number of hydrogen-bond donors (Lipinski definition) is 2. The summed E-state index contributed by atoms with van der Waals surface area (Å²) in [5.74, 6) is 1.40. The third-order valence-electron chi connectivity index (χ3n) is 3.83. The van der Waals surface area contributed by atoms with E-state index >= 15 is 0 Å². The fourth-order valence-corrected chi connectivity index (χ4v) is 2.70. The number of hydrogen-bond acceptors (Lipinski definition) is 6. The first-order valence-electron chi connectivity index (χ1n) is 8.24. The summed E-state index contributed by atoms with van der Waals surface area (Å²) in [7, 11) is 0. The second-order valence-corrected chi connectivity index (χ2v) is 6.12. The van der Waals surface area contributed by atoms with Crippen molar-refractivity contribution in [1.29, 1.82) is 0 Å². The third-order valence-corrected chi connectivity index (χ3v) is 4.16. The Morgan fingerprint density at radius 3 is 2.52 bits per heavy atom. The number of rotatable bonds is 4. The molecule has 0 spiro atoms. The minimum Gasteiger partial charge on any atom is -0.486 e. The van der Waals surface area contributed by atoms with Gasteiger partial charge in [-0.15, -0.1) is 0 Å². The van der Waals surface area contributed by atoms with E-state index in [2.05, 4.69) is 20.6 Å². The molecule has 0 radical (unpaired) electrons. The van der Waals surface area contributed by atoms with Crippen LogP contribution in [-0.2, 0) is 0 Å². The molecule has 2 heterocycles. The number of nitrogens with zero attached hydrogens (tertiary/aromatic N) is 2. The van der Waals surface area contributed by atoms with Crippen LogP contribution < -0.4 is 20.1 Å². The zero-order chi connectivity index (χ0) is 18.6. The Bertz CT molecular complexity index is 979. The van der Waals surface area contributed by atoms with Crippen molar-refractivity contribution in [3.8, 4) is 11.5 Å². The largest absolute Gasteiger partial charge is 0.486 e. The summed E-state index contributed by atoms with van der Waals surface area (Å²) >= 11 is 6.05. The lowest BCUT2D eigenvalue weighted by atomic mass is 10.2. The van der Waals surface area contributed by atoms with Crippen molar-refractivity contribution >= 4 is 34.8 Å². The van der Waals surface area contributed by atoms with E-state index in [0.29, 0.717) is 46.9 Å². The Hall–Kier alpha value is -3.32. The molecule has 1 aromatic heterocycles. The number of fused-ring (bicyclic) bond motifs is 1. The van der Waals surface area contributed by atoms with Gasteiger partial charge in [-0.25, -0.2) is 9.97 Å². The minimum atomic E-state index is -0.339. The Morgan fingerprint density at radius 1 is 1.00 bits per heavy atom. The van der Waals surface area contributed by atoms with E-state index in [1.165, 1.54) is 12.4 Å². The molecule has 0 aliphatic carbocycles. The molecule has 0 unspecified atom stereocenters. The van der Waals surface area contributed by atoms with E-state index in [1.807, 2.05) is 18.2 Å². The fourth-order valence-electron chi connectivity index (χ4n) is 2.52. The molecule has 0 atom stereocenters. The van der Waals surface area contributed by atoms with Crippen molar-refractivity contribution in [1.82, 2.24) is 9.97 Å². The number of para-hydroxylation sites is 1. The van der Waals surface area contributed by atoms with Gasteiger partial charge in [0, 0.05) is 24.1 Å². The zero-order valence-electron chi connectivity index (χ0n) is 14.1. The van der Waals surface area contributed by atoms with Crippen molar-refractivity contribution < 1.29 is 14.3 Å². The van der Waals surface area contributed by atoms with Crippen LogP contribution in [0.1, 0.15) is 10.4 Å². The average Bonchev–Trinajstić information content (AvgIpc) is 2.70. The van der Waals surface area contributed by atoms with Crippen molar-refractivity contribution in [3.63, 3.8) is 0 Å². The molecule has 2 aromatic carbocycles. The van der Waals surface area contributed by atoms with Crippen LogP contribution in [0.2, 0.25) is 5.02 Å². The van der Waals surface area contributed by atoms with Gasteiger partial charge in [-0.3, -0.25) is 4.79 Å². The van der Waals surface area contributed by atoms with Crippen molar-refractivity contribution in [2.24, 2.45) is 0 Å². The van der Waals surface area contributed by atoms with Crippen LogP contribution >= 0.6 is 11.6 Å². The van der Waals surface area contributed by atoms with Crippen LogP contribution in [0.5, 0.6) is 11.5 Å². The molecule has 7 nitrogen and oxygen atoms in total. The number of anilines is 3. The molecule has 27 heavy (non-hydrogen) atoms. The van der Waals surface area contributed by atoms with Crippen molar-refractivity contribution in [2.75, 3.05) is 23.8 Å². The van der Waals surface area contributed by atoms with Gasteiger partial charge in [0.1, 0.15) is 13.2 Å². The molecule has 136 valence electrons. The molecule has 1 aliphatic heterocycles. The number of benzene rings is 2. The number of amides is 1. The van der Waals surface area contributed by atoms with Gasteiger partial charge in [-0.05, 0) is 24.3 Å². The molecular formula is C19H15ClN4O3. The number of carbonyl (C=O) groups is 1. The maximum absolute atomic E-state index is 12.3. The standard InChI is InChI=1S/C19H15ClN4O3/c20-14-3-1-2-4-15(14)24-18(25)12-10-21-19(22-11-12)23-13-5-6-16-17(9-13)27-8-7-26-16/h1-6,9-11H,7-8H2,(H,24,25)(H,21,22,23). The first-order chi connectivity index (χ1) is 13.2. The second kappa shape index (κ2) is 7.51. The highest BCUT2D eigenvalue weighted by Gasteiger charge is 2.13. The van der Waals surface area contributed by atoms with Crippen molar-refractivity contribution in [2.45, 2.75) is 0 Å². The minimum absolute atomic E-state index is 0.322. The Balaban J connectivity index is 1.44. The first kappa shape index (κ1) is 17.1. The van der Waals surface area contributed by atoms with Crippen LogP contribution in [0.3, 0.4) is 0 Å². The van der Waals surface area contributed by atoms with Gasteiger partial charge in [0.2, 0.25) is 5.95 Å². The summed E-state index contributed by atoms with van der Waals surface area (Å²) in [5.41, 5.74) is 1.61. The third kappa shape index (κ3) is 3.93. The highest BCUT2D eigenvalue weighted by atomic mass is 35.5. The molecule has 2 N–H and O–H groups in total. The molecule has 8 heteroatoms. The smallest absolute Gasteiger partial charge is 0.258 e. The second-order valence-electron chi connectivity index (χ2n) is 5.71. The van der Waals surface area contributed by atoms with Gasteiger partial charge in [0.15, 0.2) is 11.5 Å². The van der Waals surface area contributed by atoms with Crippen LogP contribution in [0.4, 0.5) is 17.3 Å². The van der Waals surface area contributed by atoms with E-state index in [-0.39, 0.29) is 5.91 Å². The lowest BCUT2D eigenvalue weighted by Crippen LogP contribution is -2.15. The van der Waals surface area contributed by atoms with Crippen LogP contribution in [0, 0.1) is 0 Å². The highest BCUT2D eigenvalue weighted by Crippen LogP contribution is 2.33. The molecule has 0 fully saturated rings. The molecule has 0 saturated carbocycles. The van der Waals surface area contributed by atoms with E-state index < -0.39 is 0 Å². The summed E-state index contributed by atoms with van der Waals surface area (Å²) in [6.07, 6.45) is 2.89. The Labute approximate surface area is 160 Å². The van der Waals surface area contributed by atoms with Crippen LogP contribution in [0.25, 0.3) is 0 Å². The summed E-state index contributed by atoms with van der Waals surface area (Å²) in [4.78, 5) is 20.7. The maximum atomic E-state index is 12.3. The van der Waals surface area contributed by atoms with E-state index in [0.717, 1.165) is 5.69 Å². The number of nitrogens with one attached hydrogen (secondary N) is 2. The van der Waals surface area contributed by atoms with Crippen molar-refractivity contribution in [3.05, 3.63) is 65.4 Å². The average molecular weight is 383 g/mol. The number of ether oxygens (including phenoxy) is 2. The molecule has 0 saturated heterocycles. The molecular weight excluding hydrogens is 368 g/mol. The van der Waals surface area contributed by atoms with Gasteiger partial charge in [-0.1, -0.05) is 23.7 Å². The normalized spacial score (nSPS) is 12.3. The summed E-state index contributed by atoms with van der Waals surface area (Å²) in [5, 5.41) is 6.26. The summed E-state index contributed by atoms with van der Waals surface area (Å²) < 4.78 is 11.0. The Morgan fingerprint density at radius 2 is 1.74 bits per heavy atom. The maximum Gasteiger partial charge on any atom is 0.258 e. The topological polar surface area (TPSA) is 85.4 Å². The lowest BCUT2D eigenvalue weighted by Gasteiger charge is -2.19. The van der Waals surface area contributed by atoms with Gasteiger partial charge in [0.05, 0.1) is 16.3 Å². The molecule has 4 rings (SSSR count). The summed E-state index contributed by atoms with van der Waals surface area (Å²) in [6, 6.07) is 12.5. The van der Waals surface area contributed by atoms with E-state index in [9.17, 15) is 4.79 Å². The first-order valence-corrected chi connectivity index (χ1v) is 8.61. The predicted octanol–water partition coefficient (Wildman–Crippen LogP) is 3.90. The molecule has 0 bridgehead atoms. The predicted molar refractivity (Wildman–Crippen MR) is 102 cm³/mol. The highest BCUT2D eigenvalue weighted by molar-refractivity contribution is 6.33. The molecule has 1 amide bonds. The number of aromatic nitrogens is 2. The molecule has 1 aliphatic rings. The number of carbonyl (C=O) groups excluding carboxylic acids is 1. The van der Waals surface area contributed by atoms with Crippen LogP contribution in [-0.4, -0.2) is 29.1 Å². The zero-order valence-corrected chi connectivity index (χ0v) is 14.9. The van der Waals surface area contributed by atoms with Crippen LogP contribution in [0.15, 0.2) is 54.9 Å². The number of halogens is 1. The Kier molecular flexibility index (Phi) is 4.76. The molecule has 3 aromatic rings. The lowest BCUT2D eigenvalue weighted by molar-refractivity contribution is 0.102. The monoisotopic (exact) mass is 382 g/mol. The van der Waals surface area contributed by atoms with E-state index in [4.69, 9.17) is 21.1 Å². The van der Waals surface area contributed by atoms with Gasteiger partial charge in [-0.2, -0.15) is 0 Å². The van der Waals surface area contributed by atoms with E-state index in [1.54, 1.807) is 24.3 Å². The quantitative estimate of drug-likeness (QED) is 0.711.